The maximum absolute atomic E-state index is 12.6. The SMILES string of the molecule is COc1cccc(C(=O)N2CCC(C(=O)NCCc3ccccc3)CC2)c1. The van der Waals surface area contributed by atoms with Gasteiger partial charge < -0.3 is 15.0 Å². The Labute approximate surface area is 160 Å². The Kier molecular flexibility index (Phi) is 6.47. The van der Waals surface area contributed by atoms with Crippen molar-refractivity contribution in [1.29, 1.82) is 0 Å². The largest absolute Gasteiger partial charge is 0.497 e. The molecular formula is C22H26N2O3. The molecule has 1 aliphatic rings. The van der Waals surface area contributed by atoms with Gasteiger partial charge >= 0.3 is 0 Å². The lowest BCUT2D eigenvalue weighted by atomic mass is 9.95. The molecule has 0 aliphatic carbocycles. The van der Waals surface area contributed by atoms with Gasteiger partial charge in [-0.25, -0.2) is 0 Å². The number of carbonyl (C=O) groups excluding carboxylic acids is 2. The second kappa shape index (κ2) is 9.21. The quantitative estimate of drug-likeness (QED) is 0.855. The highest BCUT2D eigenvalue weighted by molar-refractivity contribution is 5.94. The van der Waals surface area contributed by atoms with Crippen LogP contribution in [-0.2, 0) is 11.2 Å². The molecule has 0 saturated carbocycles. The lowest BCUT2D eigenvalue weighted by molar-refractivity contribution is -0.126. The van der Waals surface area contributed by atoms with E-state index in [4.69, 9.17) is 4.74 Å². The standard InChI is InChI=1S/C22H26N2O3/c1-27-20-9-5-8-19(16-20)22(26)24-14-11-18(12-15-24)21(25)23-13-10-17-6-3-2-4-7-17/h2-9,16,18H,10-15H2,1H3,(H,23,25). The van der Waals surface area contributed by atoms with Crippen LogP contribution in [0.1, 0.15) is 28.8 Å². The number of likely N-dealkylation sites (tertiary alicyclic amines) is 1. The van der Waals surface area contributed by atoms with E-state index < -0.39 is 0 Å². The lowest BCUT2D eigenvalue weighted by Crippen LogP contribution is -2.43. The van der Waals surface area contributed by atoms with Gasteiger partial charge in [0, 0.05) is 31.1 Å². The molecule has 1 aliphatic heterocycles. The summed E-state index contributed by atoms with van der Waals surface area (Å²) >= 11 is 0. The number of nitrogens with one attached hydrogen (secondary N) is 1. The van der Waals surface area contributed by atoms with E-state index in [1.165, 1.54) is 5.56 Å². The summed E-state index contributed by atoms with van der Waals surface area (Å²) in [5.74, 6) is 0.750. The summed E-state index contributed by atoms with van der Waals surface area (Å²) in [6, 6.07) is 17.3. The first-order valence-corrected chi connectivity index (χ1v) is 9.42. The van der Waals surface area contributed by atoms with Gasteiger partial charge in [0.25, 0.3) is 5.91 Å². The van der Waals surface area contributed by atoms with Gasteiger partial charge in [0.05, 0.1) is 7.11 Å². The van der Waals surface area contributed by atoms with Gasteiger partial charge in [0.15, 0.2) is 0 Å². The number of amides is 2. The number of rotatable bonds is 6. The third-order valence-corrected chi connectivity index (χ3v) is 5.03. The van der Waals surface area contributed by atoms with Crippen LogP contribution in [0.4, 0.5) is 0 Å². The van der Waals surface area contributed by atoms with Crippen LogP contribution in [0.2, 0.25) is 0 Å². The predicted octanol–water partition coefficient (Wildman–Crippen LogP) is 2.91. The van der Waals surface area contributed by atoms with E-state index in [0.717, 1.165) is 6.42 Å². The Morgan fingerprint density at radius 1 is 1.07 bits per heavy atom. The van der Waals surface area contributed by atoms with E-state index in [1.54, 1.807) is 19.2 Å². The summed E-state index contributed by atoms with van der Waals surface area (Å²) in [4.78, 5) is 26.9. The maximum atomic E-state index is 12.6. The Hall–Kier alpha value is -2.82. The molecule has 0 unspecified atom stereocenters. The Morgan fingerprint density at radius 3 is 2.52 bits per heavy atom. The van der Waals surface area contributed by atoms with Crippen LogP contribution >= 0.6 is 0 Å². The molecule has 3 rings (SSSR count). The van der Waals surface area contributed by atoms with Gasteiger partial charge in [-0.2, -0.15) is 0 Å². The third kappa shape index (κ3) is 5.09. The Morgan fingerprint density at radius 2 is 1.81 bits per heavy atom. The molecule has 0 spiro atoms. The van der Waals surface area contributed by atoms with E-state index >= 15 is 0 Å². The molecule has 5 nitrogen and oxygen atoms in total. The van der Waals surface area contributed by atoms with Crippen LogP contribution in [0.15, 0.2) is 54.6 Å². The monoisotopic (exact) mass is 366 g/mol. The van der Waals surface area contributed by atoms with Crippen LogP contribution < -0.4 is 10.1 Å². The fourth-order valence-corrected chi connectivity index (χ4v) is 3.40. The van der Waals surface area contributed by atoms with Gasteiger partial charge in [-0.15, -0.1) is 0 Å². The van der Waals surface area contributed by atoms with Crippen LogP contribution in [-0.4, -0.2) is 43.5 Å². The zero-order valence-electron chi connectivity index (χ0n) is 15.7. The highest BCUT2D eigenvalue weighted by Gasteiger charge is 2.27. The fourth-order valence-electron chi connectivity index (χ4n) is 3.40. The smallest absolute Gasteiger partial charge is 0.253 e. The number of benzene rings is 2. The maximum Gasteiger partial charge on any atom is 0.253 e. The average molecular weight is 366 g/mol. The first kappa shape index (κ1) is 19.0. The van der Waals surface area contributed by atoms with Gasteiger partial charge in [0.1, 0.15) is 5.75 Å². The number of hydrogen-bond acceptors (Lipinski definition) is 3. The van der Waals surface area contributed by atoms with E-state index in [1.807, 2.05) is 35.2 Å². The van der Waals surface area contributed by atoms with Crippen molar-refractivity contribution in [2.45, 2.75) is 19.3 Å². The summed E-state index contributed by atoms with van der Waals surface area (Å²) in [6.07, 6.45) is 2.24. The minimum absolute atomic E-state index is 0.00293. The molecule has 1 heterocycles. The summed E-state index contributed by atoms with van der Waals surface area (Å²) in [7, 11) is 1.59. The summed E-state index contributed by atoms with van der Waals surface area (Å²) in [6.45, 7) is 1.85. The van der Waals surface area contributed by atoms with Gasteiger partial charge in [-0.1, -0.05) is 36.4 Å². The molecule has 1 fully saturated rings. The van der Waals surface area contributed by atoms with Crippen LogP contribution in [0.3, 0.4) is 0 Å². The molecule has 0 bridgehead atoms. The van der Waals surface area contributed by atoms with Crippen molar-refractivity contribution in [3.05, 3.63) is 65.7 Å². The van der Waals surface area contributed by atoms with Gasteiger partial charge in [0.2, 0.25) is 5.91 Å². The molecule has 2 aromatic carbocycles. The van der Waals surface area contributed by atoms with Crippen molar-refractivity contribution in [1.82, 2.24) is 10.2 Å². The summed E-state index contributed by atoms with van der Waals surface area (Å²) in [5, 5.41) is 3.03. The van der Waals surface area contributed by atoms with Crippen molar-refractivity contribution < 1.29 is 14.3 Å². The van der Waals surface area contributed by atoms with Gasteiger partial charge in [-0.05, 0) is 43.0 Å². The van der Waals surface area contributed by atoms with Crippen molar-refractivity contribution in [3.63, 3.8) is 0 Å². The molecule has 5 heteroatoms. The van der Waals surface area contributed by atoms with Crippen molar-refractivity contribution in [2.75, 3.05) is 26.7 Å². The Balaban J connectivity index is 1.45. The minimum atomic E-state index is -0.0184. The van der Waals surface area contributed by atoms with Crippen molar-refractivity contribution in [2.24, 2.45) is 5.92 Å². The molecule has 27 heavy (non-hydrogen) atoms. The zero-order valence-corrected chi connectivity index (χ0v) is 15.7. The molecule has 0 atom stereocenters. The first-order chi connectivity index (χ1) is 13.2. The minimum Gasteiger partial charge on any atom is -0.497 e. The number of carbonyl (C=O) groups is 2. The normalized spacial score (nSPS) is 14.6. The van der Waals surface area contributed by atoms with E-state index in [2.05, 4.69) is 17.4 Å². The van der Waals surface area contributed by atoms with Crippen molar-refractivity contribution >= 4 is 11.8 Å². The Bertz CT molecular complexity index is 768. The third-order valence-electron chi connectivity index (χ3n) is 5.03. The van der Waals surface area contributed by atoms with E-state index in [9.17, 15) is 9.59 Å². The van der Waals surface area contributed by atoms with E-state index in [-0.39, 0.29) is 17.7 Å². The number of methoxy groups -OCH3 is 1. The van der Waals surface area contributed by atoms with Crippen LogP contribution in [0, 0.1) is 5.92 Å². The molecule has 0 aromatic heterocycles. The summed E-state index contributed by atoms with van der Waals surface area (Å²) < 4.78 is 5.19. The topological polar surface area (TPSA) is 58.6 Å². The lowest BCUT2D eigenvalue weighted by Gasteiger charge is -2.31. The molecule has 1 saturated heterocycles. The zero-order chi connectivity index (χ0) is 19.1. The fraction of sp³-hybridized carbons (Fsp3) is 0.364. The molecule has 1 N–H and O–H groups in total. The summed E-state index contributed by atoms with van der Waals surface area (Å²) in [5.41, 5.74) is 1.84. The average Bonchev–Trinajstić information content (AvgIpc) is 2.74. The highest BCUT2D eigenvalue weighted by Crippen LogP contribution is 2.21. The molecule has 142 valence electrons. The molecule has 2 aromatic rings. The first-order valence-electron chi connectivity index (χ1n) is 9.42. The molecule has 0 radical (unpaired) electrons. The second-order valence-electron chi connectivity index (χ2n) is 6.83. The van der Waals surface area contributed by atoms with Crippen LogP contribution in [0.25, 0.3) is 0 Å². The van der Waals surface area contributed by atoms with Gasteiger partial charge in [-0.3, -0.25) is 9.59 Å². The van der Waals surface area contributed by atoms with E-state index in [0.29, 0.717) is 43.8 Å². The number of ether oxygens (including phenoxy) is 1. The highest BCUT2D eigenvalue weighted by atomic mass is 16.5. The van der Waals surface area contributed by atoms with Crippen LogP contribution in [0.5, 0.6) is 5.75 Å². The molecular weight excluding hydrogens is 340 g/mol. The number of piperidine rings is 1. The number of hydrogen-bond donors (Lipinski definition) is 1. The van der Waals surface area contributed by atoms with Crippen molar-refractivity contribution in [3.8, 4) is 5.75 Å². The second-order valence-corrected chi connectivity index (χ2v) is 6.83. The number of nitrogens with zero attached hydrogens (tertiary/aromatic N) is 1. The predicted molar refractivity (Wildman–Crippen MR) is 105 cm³/mol. The molecule has 2 amide bonds.